The van der Waals surface area contributed by atoms with E-state index in [4.69, 9.17) is 4.74 Å². The number of rotatable bonds is 8. The first-order chi connectivity index (χ1) is 13.0. The van der Waals surface area contributed by atoms with Gasteiger partial charge >= 0.3 is 0 Å². The molecule has 3 rings (SSSR count). The summed E-state index contributed by atoms with van der Waals surface area (Å²) in [4.78, 5) is 14.6. The molecule has 1 fully saturated rings. The number of hydrogen-bond donors (Lipinski definition) is 0. The van der Waals surface area contributed by atoms with Crippen LogP contribution in [0.25, 0.3) is 0 Å². The first-order valence-corrected chi connectivity index (χ1v) is 11.1. The molecule has 2 aromatic rings. The Hall–Kier alpha value is -2.34. The number of carbonyl (C=O) groups excluding carboxylic acids is 1. The molecule has 0 radical (unpaired) electrons. The van der Waals surface area contributed by atoms with Crippen molar-refractivity contribution in [2.45, 2.75) is 31.8 Å². The van der Waals surface area contributed by atoms with Crippen LogP contribution in [0.15, 0.2) is 60.7 Å². The van der Waals surface area contributed by atoms with Crippen molar-refractivity contribution in [1.29, 1.82) is 0 Å². The maximum Gasteiger partial charge on any atom is 0.223 e. The van der Waals surface area contributed by atoms with Gasteiger partial charge in [-0.05, 0) is 30.5 Å². The van der Waals surface area contributed by atoms with E-state index >= 15 is 0 Å². The highest BCUT2D eigenvalue weighted by atomic mass is 32.2. The molecule has 0 bridgehead atoms. The summed E-state index contributed by atoms with van der Waals surface area (Å²) in [5.74, 6) is 0.991. The Morgan fingerprint density at radius 2 is 1.70 bits per heavy atom. The fraction of sp³-hybridized carbons (Fsp3) is 0.381. The van der Waals surface area contributed by atoms with E-state index < -0.39 is 9.84 Å². The van der Waals surface area contributed by atoms with Crippen molar-refractivity contribution in [3.63, 3.8) is 0 Å². The summed E-state index contributed by atoms with van der Waals surface area (Å²) in [6.07, 6.45) is 1.45. The van der Waals surface area contributed by atoms with Gasteiger partial charge in [-0.25, -0.2) is 8.42 Å². The van der Waals surface area contributed by atoms with Gasteiger partial charge in [-0.3, -0.25) is 4.79 Å². The molecule has 1 atom stereocenters. The van der Waals surface area contributed by atoms with Crippen molar-refractivity contribution in [3.05, 3.63) is 66.2 Å². The smallest absolute Gasteiger partial charge is 0.223 e. The summed E-state index contributed by atoms with van der Waals surface area (Å²) < 4.78 is 29.4. The quantitative estimate of drug-likeness (QED) is 0.653. The van der Waals surface area contributed by atoms with E-state index in [1.165, 1.54) is 0 Å². The Morgan fingerprint density at radius 1 is 1.04 bits per heavy atom. The van der Waals surface area contributed by atoms with Crippen LogP contribution in [0.5, 0.6) is 5.75 Å². The number of benzene rings is 2. The fourth-order valence-electron chi connectivity index (χ4n) is 3.30. The zero-order valence-corrected chi connectivity index (χ0v) is 16.1. The molecule has 1 saturated heterocycles. The van der Waals surface area contributed by atoms with Crippen LogP contribution in [0.3, 0.4) is 0 Å². The summed E-state index contributed by atoms with van der Waals surface area (Å²) in [6.45, 7) is 0.900. The van der Waals surface area contributed by atoms with Gasteiger partial charge in [0.2, 0.25) is 5.91 Å². The zero-order chi connectivity index (χ0) is 19.1. The largest absolute Gasteiger partial charge is 0.494 e. The molecule has 1 aliphatic heterocycles. The first kappa shape index (κ1) is 19.4. The summed E-state index contributed by atoms with van der Waals surface area (Å²) in [6, 6.07) is 19.0. The number of para-hydroxylation sites is 1. The maximum absolute atomic E-state index is 12.8. The SMILES string of the molecule is O=C(CCCOc1ccccc1)N(Cc1ccccc1)C1CCS(=O)(=O)C1. The second-order valence-corrected chi connectivity index (χ2v) is 9.06. The van der Waals surface area contributed by atoms with Crippen LogP contribution in [0.1, 0.15) is 24.8 Å². The molecule has 1 unspecified atom stereocenters. The normalized spacial score (nSPS) is 18.1. The number of hydrogen-bond acceptors (Lipinski definition) is 4. The van der Waals surface area contributed by atoms with Crippen molar-refractivity contribution < 1.29 is 17.9 Å². The topological polar surface area (TPSA) is 63.7 Å². The zero-order valence-electron chi connectivity index (χ0n) is 15.3. The molecule has 2 aromatic carbocycles. The van der Waals surface area contributed by atoms with Gasteiger partial charge in [-0.15, -0.1) is 0 Å². The number of ether oxygens (including phenoxy) is 1. The maximum atomic E-state index is 12.8. The minimum Gasteiger partial charge on any atom is -0.494 e. The van der Waals surface area contributed by atoms with Gasteiger partial charge in [-0.2, -0.15) is 0 Å². The highest BCUT2D eigenvalue weighted by Crippen LogP contribution is 2.21. The van der Waals surface area contributed by atoms with Crippen molar-refractivity contribution in [3.8, 4) is 5.75 Å². The molecular formula is C21H25NO4S. The highest BCUT2D eigenvalue weighted by molar-refractivity contribution is 7.91. The number of sulfone groups is 1. The minimum atomic E-state index is -3.05. The summed E-state index contributed by atoms with van der Waals surface area (Å²) in [7, 11) is -3.05. The monoisotopic (exact) mass is 387 g/mol. The fourth-order valence-corrected chi connectivity index (χ4v) is 5.03. The lowest BCUT2D eigenvalue weighted by Crippen LogP contribution is -2.40. The predicted octanol–water partition coefficient (Wildman–Crippen LogP) is 3.06. The molecule has 0 spiro atoms. The molecule has 0 aliphatic carbocycles. The van der Waals surface area contributed by atoms with Crippen LogP contribution in [0.4, 0.5) is 0 Å². The minimum absolute atomic E-state index is 0.0161. The number of carbonyl (C=O) groups is 1. The van der Waals surface area contributed by atoms with Crippen LogP contribution in [-0.2, 0) is 21.2 Å². The van der Waals surface area contributed by atoms with Gasteiger partial charge in [0.05, 0.1) is 18.1 Å². The first-order valence-electron chi connectivity index (χ1n) is 9.25. The average molecular weight is 388 g/mol. The number of amides is 1. The Kier molecular flexibility index (Phi) is 6.50. The second-order valence-electron chi connectivity index (χ2n) is 6.83. The van der Waals surface area contributed by atoms with E-state index in [9.17, 15) is 13.2 Å². The molecule has 0 aromatic heterocycles. The van der Waals surface area contributed by atoms with E-state index in [1.54, 1.807) is 4.90 Å². The van der Waals surface area contributed by atoms with E-state index in [0.29, 0.717) is 32.4 Å². The lowest BCUT2D eigenvalue weighted by Gasteiger charge is -2.28. The van der Waals surface area contributed by atoms with Crippen molar-refractivity contribution in [2.24, 2.45) is 0 Å². The second kappa shape index (κ2) is 9.04. The van der Waals surface area contributed by atoms with E-state index in [1.807, 2.05) is 60.7 Å². The molecule has 0 saturated carbocycles. The van der Waals surface area contributed by atoms with E-state index in [2.05, 4.69) is 0 Å². The summed E-state index contributed by atoms with van der Waals surface area (Å²) in [5.41, 5.74) is 1.01. The van der Waals surface area contributed by atoms with Crippen molar-refractivity contribution >= 4 is 15.7 Å². The Labute approximate surface area is 160 Å². The van der Waals surface area contributed by atoms with Gasteiger partial charge in [0, 0.05) is 19.0 Å². The van der Waals surface area contributed by atoms with Crippen LogP contribution in [-0.4, -0.2) is 43.4 Å². The molecule has 27 heavy (non-hydrogen) atoms. The molecule has 0 N–H and O–H groups in total. The summed E-state index contributed by atoms with van der Waals surface area (Å²) in [5, 5.41) is 0. The Balaban J connectivity index is 1.58. The van der Waals surface area contributed by atoms with Crippen LogP contribution >= 0.6 is 0 Å². The third-order valence-corrected chi connectivity index (χ3v) is 6.46. The van der Waals surface area contributed by atoms with Gasteiger partial charge < -0.3 is 9.64 Å². The number of nitrogens with zero attached hydrogens (tertiary/aromatic N) is 1. The third-order valence-electron chi connectivity index (χ3n) is 4.71. The average Bonchev–Trinajstić information content (AvgIpc) is 3.04. The Morgan fingerprint density at radius 3 is 2.33 bits per heavy atom. The molecule has 1 amide bonds. The van der Waals surface area contributed by atoms with Gasteiger partial charge in [0.1, 0.15) is 5.75 Å². The molecule has 5 nitrogen and oxygen atoms in total. The lowest BCUT2D eigenvalue weighted by molar-refractivity contribution is -0.134. The highest BCUT2D eigenvalue weighted by Gasteiger charge is 2.34. The standard InChI is InChI=1S/C21H25NO4S/c23-21(12-7-14-26-20-10-5-2-6-11-20)22(16-18-8-3-1-4-9-18)19-13-15-27(24,25)17-19/h1-6,8-11,19H,7,12-17H2. The predicted molar refractivity (Wildman–Crippen MR) is 105 cm³/mol. The van der Waals surface area contributed by atoms with Gasteiger partial charge in [0.25, 0.3) is 0 Å². The van der Waals surface area contributed by atoms with Crippen LogP contribution in [0, 0.1) is 0 Å². The molecule has 144 valence electrons. The molecular weight excluding hydrogens is 362 g/mol. The van der Waals surface area contributed by atoms with E-state index in [0.717, 1.165) is 11.3 Å². The lowest BCUT2D eigenvalue weighted by atomic mass is 10.1. The van der Waals surface area contributed by atoms with E-state index in [-0.39, 0.29) is 23.5 Å². The van der Waals surface area contributed by atoms with Crippen molar-refractivity contribution in [1.82, 2.24) is 4.90 Å². The van der Waals surface area contributed by atoms with Crippen molar-refractivity contribution in [2.75, 3.05) is 18.1 Å². The van der Waals surface area contributed by atoms with Gasteiger partial charge in [-0.1, -0.05) is 48.5 Å². The molecule has 1 heterocycles. The van der Waals surface area contributed by atoms with Crippen LogP contribution < -0.4 is 4.74 Å². The van der Waals surface area contributed by atoms with Crippen LogP contribution in [0.2, 0.25) is 0 Å². The summed E-state index contributed by atoms with van der Waals surface area (Å²) >= 11 is 0. The third kappa shape index (κ3) is 5.82. The van der Waals surface area contributed by atoms with Gasteiger partial charge in [0.15, 0.2) is 9.84 Å². The Bertz CT molecular complexity index is 837. The molecule has 6 heteroatoms. The molecule has 1 aliphatic rings.